The van der Waals surface area contributed by atoms with E-state index in [0.29, 0.717) is 39.3 Å². The van der Waals surface area contributed by atoms with Crippen LogP contribution in [-0.4, -0.2) is 85.5 Å². The maximum Gasteiger partial charge on any atom is 0.414 e. The third kappa shape index (κ3) is 9.47. The van der Waals surface area contributed by atoms with Gasteiger partial charge in [0.2, 0.25) is 5.96 Å². The molecule has 2 fully saturated rings. The van der Waals surface area contributed by atoms with Crippen molar-refractivity contribution in [3.8, 4) is 6.19 Å². The van der Waals surface area contributed by atoms with E-state index >= 15 is 0 Å². The standard InChI is InChI=1S/C24H41N5O5/c1-18(2)33-14-15-34-23(31)27-22(28-10-12-32-13-11-28)26-20(16-24(3,4)5)21(30)29(17-25)19-8-6-7-9-19/h18-20H,6-16H2,1-5H3,(H,26,27,31). The number of ether oxygens (including phenoxy) is 3. The molecule has 1 atom stereocenters. The molecule has 1 aliphatic carbocycles. The van der Waals surface area contributed by atoms with Crippen molar-refractivity contribution in [3.63, 3.8) is 0 Å². The van der Waals surface area contributed by atoms with Gasteiger partial charge in [-0.05, 0) is 38.5 Å². The van der Waals surface area contributed by atoms with Gasteiger partial charge in [-0.2, -0.15) is 5.26 Å². The minimum atomic E-state index is -0.803. The molecule has 1 saturated heterocycles. The lowest BCUT2D eigenvalue weighted by atomic mass is 9.87. The molecule has 10 nitrogen and oxygen atoms in total. The van der Waals surface area contributed by atoms with Crippen LogP contribution in [0.25, 0.3) is 0 Å². The van der Waals surface area contributed by atoms with Gasteiger partial charge in [0.1, 0.15) is 12.6 Å². The first kappa shape index (κ1) is 27.9. The minimum Gasteiger partial charge on any atom is -0.447 e. The molecule has 1 saturated carbocycles. The molecule has 2 amide bonds. The highest BCUT2D eigenvalue weighted by atomic mass is 16.6. The maximum atomic E-state index is 13.5. The van der Waals surface area contributed by atoms with Gasteiger partial charge in [-0.1, -0.05) is 33.6 Å². The second-order valence-electron chi connectivity index (χ2n) is 10.3. The van der Waals surface area contributed by atoms with Crippen LogP contribution in [0.15, 0.2) is 4.99 Å². The number of carbonyl (C=O) groups is 2. The number of hydrogen-bond acceptors (Lipinski definition) is 7. The molecule has 10 heteroatoms. The molecule has 1 unspecified atom stereocenters. The fraction of sp³-hybridized carbons (Fsp3) is 0.833. The molecule has 34 heavy (non-hydrogen) atoms. The van der Waals surface area contributed by atoms with Crippen molar-refractivity contribution in [1.82, 2.24) is 15.1 Å². The fourth-order valence-corrected chi connectivity index (χ4v) is 4.06. The number of carbonyl (C=O) groups excluding carboxylic acids is 2. The minimum absolute atomic E-state index is 0.0456. The molecule has 0 bridgehead atoms. The SMILES string of the molecule is CC(C)OCCOC(=O)NC(=NC(CC(C)(C)C)C(=O)N(C#N)C1CCCC1)N1CCOCC1. The monoisotopic (exact) mass is 479 g/mol. The predicted octanol–water partition coefficient (Wildman–Crippen LogP) is 2.88. The number of aliphatic imine (C=N–C) groups is 1. The third-order valence-corrected chi connectivity index (χ3v) is 5.70. The van der Waals surface area contributed by atoms with Crippen LogP contribution in [0.1, 0.15) is 66.7 Å². The van der Waals surface area contributed by atoms with Gasteiger partial charge in [0, 0.05) is 19.1 Å². The second kappa shape index (κ2) is 13.5. The Hall–Kier alpha value is -2.38. The highest BCUT2D eigenvalue weighted by molar-refractivity contribution is 5.96. The van der Waals surface area contributed by atoms with Crippen molar-refractivity contribution in [2.45, 2.75) is 84.9 Å². The molecule has 2 rings (SSSR count). The summed E-state index contributed by atoms with van der Waals surface area (Å²) >= 11 is 0. The number of guanidine groups is 1. The van der Waals surface area contributed by atoms with E-state index in [0.717, 1.165) is 25.7 Å². The summed E-state index contributed by atoms with van der Waals surface area (Å²) in [6, 6.07) is -0.886. The van der Waals surface area contributed by atoms with Crippen molar-refractivity contribution in [1.29, 1.82) is 5.26 Å². The van der Waals surface area contributed by atoms with Crippen LogP contribution in [-0.2, 0) is 19.0 Å². The largest absolute Gasteiger partial charge is 0.447 e. The molecule has 1 N–H and O–H groups in total. The van der Waals surface area contributed by atoms with Gasteiger partial charge < -0.3 is 19.1 Å². The predicted molar refractivity (Wildman–Crippen MR) is 128 cm³/mol. The summed E-state index contributed by atoms with van der Waals surface area (Å²) in [5.74, 6) is -0.0550. The number of hydrogen-bond donors (Lipinski definition) is 1. The van der Waals surface area contributed by atoms with Crippen LogP contribution in [0.3, 0.4) is 0 Å². The van der Waals surface area contributed by atoms with E-state index < -0.39 is 12.1 Å². The molecular formula is C24H41N5O5. The van der Waals surface area contributed by atoms with Crippen molar-refractivity contribution in [2.24, 2.45) is 10.4 Å². The zero-order valence-corrected chi connectivity index (χ0v) is 21.3. The Labute approximate surface area is 203 Å². The highest BCUT2D eigenvalue weighted by Gasteiger charge is 2.35. The van der Waals surface area contributed by atoms with Gasteiger partial charge in [-0.3, -0.25) is 10.1 Å². The number of alkyl carbamates (subject to hydrolysis) is 1. The van der Waals surface area contributed by atoms with Gasteiger partial charge >= 0.3 is 6.09 Å². The molecular weight excluding hydrogens is 438 g/mol. The zero-order valence-electron chi connectivity index (χ0n) is 21.3. The van der Waals surface area contributed by atoms with Gasteiger partial charge in [0.05, 0.1) is 25.9 Å². The topological polar surface area (TPSA) is 116 Å². The molecule has 1 aliphatic heterocycles. The first-order valence-electron chi connectivity index (χ1n) is 12.3. The summed E-state index contributed by atoms with van der Waals surface area (Å²) in [6.45, 7) is 12.3. The van der Waals surface area contributed by atoms with Crippen LogP contribution in [0, 0.1) is 16.9 Å². The molecule has 192 valence electrons. The maximum absolute atomic E-state index is 13.5. The Morgan fingerprint density at radius 2 is 1.85 bits per heavy atom. The van der Waals surface area contributed by atoms with E-state index in [1.807, 2.05) is 39.5 Å². The van der Waals surface area contributed by atoms with E-state index in [1.54, 1.807) is 0 Å². The van der Waals surface area contributed by atoms with E-state index in [2.05, 4.69) is 11.5 Å². The summed E-state index contributed by atoms with van der Waals surface area (Å²) < 4.78 is 16.1. The Kier molecular flexibility index (Phi) is 11.1. The highest BCUT2D eigenvalue weighted by Crippen LogP contribution is 2.28. The lowest BCUT2D eigenvalue weighted by Crippen LogP contribution is -2.51. The van der Waals surface area contributed by atoms with Gasteiger partial charge in [0.15, 0.2) is 6.19 Å². The Morgan fingerprint density at radius 3 is 2.41 bits per heavy atom. The molecule has 0 radical (unpaired) electrons. The summed E-state index contributed by atoms with van der Waals surface area (Å²) in [6.07, 6.45) is 5.59. The molecule has 0 aromatic rings. The van der Waals surface area contributed by atoms with E-state index in [-0.39, 0.29) is 36.0 Å². The van der Waals surface area contributed by atoms with E-state index in [9.17, 15) is 14.9 Å². The number of morpholine rings is 1. The second-order valence-corrected chi connectivity index (χ2v) is 10.3. The summed E-state index contributed by atoms with van der Waals surface area (Å²) in [5, 5.41) is 12.5. The lowest BCUT2D eigenvalue weighted by Gasteiger charge is -2.32. The summed E-state index contributed by atoms with van der Waals surface area (Å²) in [7, 11) is 0. The lowest BCUT2D eigenvalue weighted by molar-refractivity contribution is -0.131. The van der Waals surface area contributed by atoms with Gasteiger partial charge in [-0.15, -0.1) is 0 Å². The molecule has 1 heterocycles. The molecule has 0 aromatic heterocycles. The number of amides is 2. The van der Waals surface area contributed by atoms with Crippen LogP contribution in [0.4, 0.5) is 4.79 Å². The van der Waals surface area contributed by atoms with Gasteiger partial charge in [-0.25, -0.2) is 14.7 Å². The normalized spacial score (nSPS) is 18.5. The van der Waals surface area contributed by atoms with Crippen molar-refractivity contribution >= 4 is 18.0 Å². The van der Waals surface area contributed by atoms with Crippen LogP contribution >= 0.6 is 0 Å². The number of nitrogens with zero attached hydrogens (tertiary/aromatic N) is 4. The number of nitrogens with one attached hydrogen (secondary N) is 1. The van der Waals surface area contributed by atoms with E-state index in [4.69, 9.17) is 19.2 Å². The smallest absolute Gasteiger partial charge is 0.414 e. The zero-order chi connectivity index (χ0) is 25.1. The average molecular weight is 480 g/mol. The number of nitriles is 1. The van der Waals surface area contributed by atoms with Crippen molar-refractivity contribution in [2.75, 3.05) is 39.5 Å². The van der Waals surface area contributed by atoms with Crippen molar-refractivity contribution < 1.29 is 23.8 Å². The number of rotatable bonds is 8. The first-order valence-corrected chi connectivity index (χ1v) is 12.3. The molecule has 0 aromatic carbocycles. The Balaban J connectivity index is 2.24. The summed E-state index contributed by atoms with van der Waals surface area (Å²) in [5.41, 5.74) is -0.217. The van der Waals surface area contributed by atoms with E-state index in [1.165, 1.54) is 4.90 Å². The van der Waals surface area contributed by atoms with Gasteiger partial charge in [0.25, 0.3) is 5.91 Å². The first-order chi connectivity index (χ1) is 16.1. The summed E-state index contributed by atoms with van der Waals surface area (Å²) in [4.78, 5) is 33.9. The fourth-order valence-electron chi connectivity index (χ4n) is 4.06. The average Bonchev–Trinajstić information content (AvgIpc) is 3.30. The Bertz CT molecular complexity index is 731. The Morgan fingerprint density at radius 1 is 1.21 bits per heavy atom. The van der Waals surface area contributed by atoms with Crippen LogP contribution in [0.5, 0.6) is 0 Å². The molecule has 0 spiro atoms. The quantitative estimate of drug-likeness (QED) is 0.187. The van der Waals surface area contributed by atoms with Crippen molar-refractivity contribution in [3.05, 3.63) is 0 Å². The van der Waals surface area contributed by atoms with Crippen LogP contribution in [0.2, 0.25) is 0 Å². The molecule has 2 aliphatic rings. The van der Waals surface area contributed by atoms with Crippen LogP contribution < -0.4 is 5.32 Å². The third-order valence-electron chi connectivity index (χ3n) is 5.70.